The van der Waals surface area contributed by atoms with E-state index in [9.17, 15) is 8.78 Å². The molecule has 0 bridgehead atoms. The highest BCUT2D eigenvalue weighted by Crippen LogP contribution is 2.27. The van der Waals surface area contributed by atoms with Crippen LogP contribution in [0.3, 0.4) is 0 Å². The quantitative estimate of drug-likeness (QED) is 0.533. The number of hydrogen-bond donors (Lipinski definition) is 3. The van der Waals surface area contributed by atoms with Gasteiger partial charge in [0.25, 0.3) is 0 Å². The molecule has 2 heterocycles. The van der Waals surface area contributed by atoms with Gasteiger partial charge in [-0.1, -0.05) is 18.2 Å². The number of fused-ring (bicyclic) bond motifs is 1. The molecular formula is C17H12F2N6. The Hall–Kier alpha value is -3.55. The minimum Gasteiger partial charge on any atom is -0.366 e. The first-order chi connectivity index (χ1) is 12.1. The van der Waals surface area contributed by atoms with Gasteiger partial charge in [0, 0.05) is 11.5 Å². The van der Waals surface area contributed by atoms with Crippen molar-refractivity contribution in [3.8, 4) is 11.4 Å². The van der Waals surface area contributed by atoms with Gasteiger partial charge in [0.1, 0.15) is 11.6 Å². The fourth-order valence-electron chi connectivity index (χ4n) is 2.51. The van der Waals surface area contributed by atoms with Crippen LogP contribution < -0.4 is 5.73 Å². The highest BCUT2D eigenvalue weighted by atomic mass is 19.1. The van der Waals surface area contributed by atoms with Crippen LogP contribution in [0, 0.1) is 11.6 Å². The maximum absolute atomic E-state index is 14.3. The molecule has 0 fully saturated rings. The average Bonchev–Trinajstić information content (AvgIpc) is 3.19. The molecule has 2 aromatic carbocycles. The lowest BCUT2D eigenvalue weighted by Gasteiger charge is -2.00. The molecule has 6 nitrogen and oxygen atoms in total. The maximum atomic E-state index is 14.3. The Bertz CT molecular complexity index is 1080. The fourth-order valence-corrected chi connectivity index (χ4v) is 2.51. The van der Waals surface area contributed by atoms with Crippen molar-refractivity contribution >= 4 is 29.0 Å². The summed E-state index contributed by atoms with van der Waals surface area (Å²) in [6.45, 7) is 0. The topological polar surface area (TPSA) is 96.3 Å². The van der Waals surface area contributed by atoms with Gasteiger partial charge in [-0.3, -0.25) is 10.2 Å². The van der Waals surface area contributed by atoms with Gasteiger partial charge in [-0.25, -0.2) is 8.78 Å². The zero-order valence-electron chi connectivity index (χ0n) is 12.8. The third-order valence-corrected chi connectivity index (χ3v) is 3.74. The van der Waals surface area contributed by atoms with Gasteiger partial charge in [0.2, 0.25) is 5.95 Å². The van der Waals surface area contributed by atoms with Gasteiger partial charge in [-0.15, -0.1) is 5.10 Å². The molecule has 124 valence electrons. The van der Waals surface area contributed by atoms with Gasteiger partial charge < -0.3 is 5.73 Å². The first-order valence-electron chi connectivity index (χ1n) is 7.40. The SMILES string of the molecule is Nc1n[nH]c(-c2cc3c(/C=C/c4ccc(F)cc4)n[nH]c3cc2F)n1. The molecule has 0 aliphatic carbocycles. The molecule has 0 aliphatic heterocycles. The van der Waals surface area contributed by atoms with E-state index in [0.29, 0.717) is 16.6 Å². The van der Waals surface area contributed by atoms with Crippen molar-refractivity contribution in [3.05, 3.63) is 59.3 Å². The number of aromatic amines is 2. The molecule has 25 heavy (non-hydrogen) atoms. The second kappa shape index (κ2) is 5.82. The van der Waals surface area contributed by atoms with Crippen LogP contribution in [0.1, 0.15) is 11.3 Å². The number of hydrogen-bond acceptors (Lipinski definition) is 4. The summed E-state index contributed by atoms with van der Waals surface area (Å²) in [5, 5.41) is 14.0. The van der Waals surface area contributed by atoms with E-state index in [1.165, 1.54) is 18.2 Å². The molecule has 0 radical (unpaired) electrons. The maximum Gasteiger partial charge on any atom is 0.239 e. The highest BCUT2D eigenvalue weighted by Gasteiger charge is 2.14. The first kappa shape index (κ1) is 15.0. The Morgan fingerprint density at radius 2 is 1.76 bits per heavy atom. The summed E-state index contributed by atoms with van der Waals surface area (Å²) >= 11 is 0. The van der Waals surface area contributed by atoms with Crippen LogP contribution in [0.15, 0.2) is 36.4 Å². The normalized spacial score (nSPS) is 11.6. The molecule has 0 unspecified atom stereocenters. The minimum absolute atomic E-state index is 0.0399. The van der Waals surface area contributed by atoms with Crippen LogP contribution in [0.2, 0.25) is 0 Å². The zero-order chi connectivity index (χ0) is 17.4. The second-order valence-corrected chi connectivity index (χ2v) is 5.41. The van der Waals surface area contributed by atoms with Crippen LogP contribution in [-0.4, -0.2) is 25.4 Å². The lowest BCUT2D eigenvalue weighted by molar-refractivity contribution is 0.627. The van der Waals surface area contributed by atoms with Gasteiger partial charge >= 0.3 is 0 Å². The van der Waals surface area contributed by atoms with Gasteiger partial charge in [0.05, 0.1) is 16.8 Å². The van der Waals surface area contributed by atoms with Gasteiger partial charge in [-0.2, -0.15) is 10.1 Å². The summed E-state index contributed by atoms with van der Waals surface area (Å²) in [6.07, 6.45) is 3.56. The Kier molecular flexibility index (Phi) is 3.50. The van der Waals surface area contributed by atoms with Crippen LogP contribution in [-0.2, 0) is 0 Å². The molecule has 0 amide bonds. The Balaban J connectivity index is 1.76. The Morgan fingerprint density at radius 3 is 2.48 bits per heavy atom. The number of nitrogens with one attached hydrogen (secondary N) is 2. The number of H-pyrrole nitrogens is 2. The van der Waals surface area contributed by atoms with Crippen molar-refractivity contribution < 1.29 is 8.78 Å². The molecule has 0 aliphatic rings. The largest absolute Gasteiger partial charge is 0.366 e. The van der Waals surface area contributed by atoms with Crippen molar-refractivity contribution in [1.82, 2.24) is 25.4 Å². The molecule has 0 atom stereocenters. The van der Waals surface area contributed by atoms with Gasteiger partial charge in [0.15, 0.2) is 5.82 Å². The smallest absolute Gasteiger partial charge is 0.239 e. The summed E-state index contributed by atoms with van der Waals surface area (Å²) in [6, 6.07) is 9.03. The zero-order valence-corrected chi connectivity index (χ0v) is 12.8. The van der Waals surface area contributed by atoms with E-state index >= 15 is 0 Å². The third-order valence-electron chi connectivity index (χ3n) is 3.74. The first-order valence-corrected chi connectivity index (χ1v) is 7.40. The lowest BCUT2D eigenvalue weighted by Crippen LogP contribution is -1.88. The standard InChI is InChI=1S/C17H12F2N6/c18-10-4-1-9(2-5-10)3-6-14-12-7-11(16-21-17(20)25-24-16)13(19)8-15(12)23-22-14/h1-8H,(H,22,23)(H3,20,21,24,25)/b6-3+. The molecule has 4 aromatic rings. The minimum atomic E-state index is -0.471. The number of aromatic nitrogens is 5. The molecule has 0 saturated carbocycles. The number of nitrogens with two attached hydrogens (primary N) is 1. The van der Waals surface area contributed by atoms with Crippen molar-refractivity contribution in [2.75, 3.05) is 5.73 Å². The molecule has 4 rings (SSSR count). The van der Waals surface area contributed by atoms with E-state index in [1.807, 2.05) is 0 Å². The molecule has 0 saturated heterocycles. The predicted molar refractivity (Wildman–Crippen MR) is 91.2 cm³/mol. The number of benzene rings is 2. The number of nitrogens with zero attached hydrogens (tertiary/aromatic N) is 3. The van der Waals surface area contributed by atoms with E-state index in [4.69, 9.17) is 5.73 Å². The number of halogens is 2. The van der Waals surface area contributed by atoms with Crippen LogP contribution >= 0.6 is 0 Å². The van der Waals surface area contributed by atoms with Crippen LogP contribution in [0.5, 0.6) is 0 Å². The predicted octanol–water partition coefficient (Wildman–Crippen LogP) is 3.38. The monoisotopic (exact) mass is 338 g/mol. The van der Waals surface area contributed by atoms with E-state index in [1.54, 1.807) is 30.4 Å². The fraction of sp³-hybridized carbons (Fsp3) is 0. The van der Waals surface area contributed by atoms with Crippen molar-refractivity contribution in [2.45, 2.75) is 0 Å². The van der Waals surface area contributed by atoms with Crippen molar-refractivity contribution in [2.24, 2.45) is 0 Å². The van der Waals surface area contributed by atoms with E-state index < -0.39 is 5.82 Å². The molecule has 2 aromatic heterocycles. The molecule has 0 spiro atoms. The number of rotatable bonds is 3. The van der Waals surface area contributed by atoms with Crippen LogP contribution in [0.25, 0.3) is 34.4 Å². The van der Waals surface area contributed by atoms with Crippen LogP contribution in [0.4, 0.5) is 14.7 Å². The second-order valence-electron chi connectivity index (χ2n) is 5.41. The lowest BCUT2D eigenvalue weighted by atomic mass is 10.1. The summed E-state index contributed by atoms with van der Waals surface area (Å²) in [4.78, 5) is 3.95. The summed E-state index contributed by atoms with van der Waals surface area (Å²) in [7, 11) is 0. The molecule has 8 heteroatoms. The molecular weight excluding hydrogens is 326 g/mol. The highest BCUT2D eigenvalue weighted by molar-refractivity contribution is 5.92. The third kappa shape index (κ3) is 2.85. The average molecular weight is 338 g/mol. The Labute approximate surface area is 140 Å². The van der Waals surface area contributed by atoms with Crippen molar-refractivity contribution in [1.29, 1.82) is 0 Å². The summed E-state index contributed by atoms with van der Waals surface area (Å²) < 4.78 is 27.2. The van der Waals surface area contributed by atoms with Gasteiger partial charge in [-0.05, 0) is 29.8 Å². The number of nitrogen functional groups attached to an aromatic ring is 1. The van der Waals surface area contributed by atoms with E-state index in [0.717, 1.165) is 5.56 Å². The number of anilines is 1. The van der Waals surface area contributed by atoms with Crippen molar-refractivity contribution in [3.63, 3.8) is 0 Å². The Morgan fingerprint density at radius 1 is 0.960 bits per heavy atom. The van der Waals surface area contributed by atoms with E-state index in [-0.39, 0.29) is 23.2 Å². The van der Waals surface area contributed by atoms with E-state index in [2.05, 4.69) is 25.4 Å². The summed E-state index contributed by atoms with van der Waals surface area (Å²) in [5.74, 6) is -0.486. The molecule has 4 N–H and O–H groups in total. The summed E-state index contributed by atoms with van der Waals surface area (Å²) in [5.41, 5.74) is 7.71.